The molecule has 0 saturated heterocycles. The molecule has 1 heterocycles. The molecule has 2 rings (SSSR count). The number of aromatic nitrogens is 2. The molecule has 0 fully saturated rings. The number of aliphatic carboxylic acids is 1. The Morgan fingerprint density at radius 1 is 1.27 bits per heavy atom. The number of hydrogen-bond donors (Lipinski definition) is 1. The summed E-state index contributed by atoms with van der Waals surface area (Å²) >= 11 is 0. The van der Waals surface area contributed by atoms with Crippen molar-refractivity contribution in [3.63, 3.8) is 0 Å². The van der Waals surface area contributed by atoms with E-state index in [1.165, 1.54) is 0 Å². The zero-order valence-corrected chi connectivity index (χ0v) is 11.3. The Balaban J connectivity index is 2.82. The number of ether oxygens (including phenoxy) is 1. The highest BCUT2D eigenvalue weighted by atomic mass is 19.1. The predicted octanol–water partition coefficient (Wildman–Crippen LogP) is 0.475. The lowest BCUT2D eigenvalue weighted by atomic mass is 10.1. The normalized spacial score (nSPS) is 10.7. The number of methoxy groups -OCH3 is 1. The minimum Gasteiger partial charge on any atom is -0.481 e. The van der Waals surface area contributed by atoms with Gasteiger partial charge in [-0.05, 0) is 12.1 Å². The van der Waals surface area contributed by atoms with Gasteiger partial charge >= 0.3 is 11.9 Å². The van der Waals surface area contributed by atoms with Gasteiger partial charge in [0.05, 0.1) is 24.6 Å². The van der Waals surface area contributed by atoms with Gasteiger partial charge in [0.25, 0.3) is 5.56 Å². The van der Waals surface area contributed by atoms with Crippen molar-refractivity contribution in [3.05, 3.63) is 39.8 Å². The molecular formula is C13H10F2N2O5. The predicted molar refractivity (Wildman–Crippen MR) is 69.3 cm³/mol. The van der Waals surface area contributed by atoms with Crippen LogP contribution in [0.15, 0.2) is 16.9 Å². The largest absolute Gasteiger partial charge is 0.481 e. The average Bonchev–Trinajstić information content (AvgIpc) is 2.45. The van der Waals surface area contributed by atoms with E-state index in [1.807, 2.05) is 0 Å². The van der Waals surface area contributed by atoms with Crippen molar-refractivity contribution in [1.82, 2.24) is 9.78 Å². The fourth-order valence-corrected chi connectivity index (χ4v) is 1.97. The third-order valence-corrected chi connectivity index (χ3v) is 2.91. The van der Waals surface area contributed by atoms with E-state index in [-0.39, 0.29) is 5.69 Å². The number of carbonyl (C=O) groups is 2. The summed E-state index contributed by atoms with van der Waals surface area (Å²) in [5, 5.41) is 11.3. The van der Waals surface area contributed by atoms with Crippen LogP contribution in [0.2, 0.25) is 0 Å². The van der Waals surface area contributed by atoms with Gasteiger partial charge in [0, 0.05) is 5.39 Å². The third-order valence-electron chi connectivity index (χ3n) is 2.91. The Labute approximate surface area is 121 Å². The van der Waals surface area contributed by atoms with Crippen molar-refractivity contribution >= 4 is 22.7 Å². The molecule has 7 nitrogen and oxygen atoms in total. The molecule has 0 aliphatic carbocycles. The van der Waals surface area contributed by atoms with Crippen LogP contribution in [0.5, 0.6) is 0 Å². The lowest BCUT2D eigenvalue weighted by molar-refractivity contribution is -0.141. The zero-order chi connectivity index (χ0) is 16.4. The first-order valence-corrected chi connectivity index (χ1v) is 6.01. The van der Waals surface area contributed by atoms with E-state index in [4.69, 9.17) is 5.11 Å². The van der Waals surface area contributed by atoms with Crippen molar-refractivity contribution in [2.45, 2.75) is 13.0 Å². The maximum Gasteiger partial charge on any atom is 0.327 e. The molecule has 1 N–H and O–H groups in total. The first-order valence-electron chi connectivity index (χ1n) is 6.01. The Morgan fingerprint density at radius 3 is 2.41 bits per heavy atom. The summed E-state index contributed by atoms with van der Waals surface area (Å²) < 4.78 is 32.7. The molecule has 22 heavy (non-hydrogen) atoms. The van der Waals surface area contributed by atoms with E-state index in [9.17, 15) is 23.2 Å². The van der Waals surface area contributed by atoms with Crippen LogP contribution >= 0.6 is 0 Å². The molecule has 2 aromatic rings. The molecule has 0 atom stereocenters. The van der Waals surface area contributed by atoms with Crippen molar-refractivity contribution < 1.29 is 28.2 Å². The molecular weight excluding hydrogens is 302 g/mol. The molecule has 0 bridgehead atoms. The van der Waals surface area contributed by atoms with Gasteiger partial charge in [0.2, 0.25) is 0 Å². The third kappa shape index (κ3) is 2.78. The fraction of sp³-hybridized carbons (Fsp3) is 0.231. The number of carboxylic acids is 1. The molecule has 0 aliphatic rings. The Morgan fingerprint density at radius 2 is 1.86 bits per heavy atom. The number of carbonyl (C=O) groups excluding carboxylic acids is 1. The second-order valence-corrected chi connectivity index (χ2v) is 4.34. The quantitative estimate of drug-likeness (QED) is 0.824. The van der Waals surface area contributed by atoms with Gasteiger partial charge in [-0.1, -0.05) is 0 Å². The number of halogens is 2. The molecule has 0 aliphatic heterocycles. The smallest absolute Gasteiger partial charge is 0.327 e. The molecule has 116 valence electrons. The van der Waals surface area contributed by atoms with Crippen molar-refractivity contribution in [1.29, 1.82) is 0 Å². The first kappa shape index (κ1) is 15.5. The molecule has 0 spiro atoms. The lowest BCUT2D eigenvalue weighted by Gasteiger charge is -2.10. The van der Waals surface area contributed by atoms with Crippen LogP contribution in [0.4, 0.5) is 8.78 Å². The monoisotopic (exact) mass is 312 g/mol. The SMILES string of the molecule is COC(=O)Cn1nc(CC(=O)O)c2c(F)ccc(F)c2c1=O. The summed E-state index contributed by atoms with van der Waals surface area (Å²) in [5.74, 6) is -4.19. The van der Waals surface area contributed by atoms with Gasteiger partial charge in [-0.2, -0.15) is 5.10 Å². The van der Waals surface area contributed by atoms with E-state index < -0.39 is 52.9 Å². The van der Waals surface area contributed by atoms with E-state index >= 15 is 0 Å². The minimum absolute atomic E-state index is 0.358. The van der Waals surface area contributed by atoms with Crippen molar-refractivity contribution in [3.8, 4) is 0 Å². The van der Waals surface area contributed by atoms with Crippen LogP contribution in [-0.2, 0) is 27.3 Å². The maximum atomic E-state index is 13.9. The fourth-order valence-electron chi connectivity index (χ4n) is 1.97. The highest BCUT2D eigenvalue weighted by Crippen LogP contribution is 2.21. The number of benzene rings is 1. The van der Waals surface area contributed by atoms with Gasteiger partial charge in [0.15, 0.2) is 0 Å². The van der Waals surface area contributed by atoms with Gasteiger partial charge in [-0.3, -0.25) is 14.4 Å². The number of esters is 1. The molecule has 1 aromatic carbocycles. The van der Waals surface area contributed by atoms with E-state index in [0.29, 0.717) is 4.68 Å². The Kier molecular flexibility index (Phi) is 4.15. The average molecular weight is 312 g/mol. The van der Waals surface area contributed by atoms with Gasteiger partial charge in [-0.25, -0.2) is 13.5 Å². The molecule has 9 heteroatoms. The van der Waals surface area contributed by atoms with E-state index in [1.54, 1.807) is 0 Å². The summed E-state index contributed by atoms with van der Waals surface area (Å²) in [6.45, 7) is -0.645. The van der Waals surface area contributed by atoms with Crippen molar-refractivity contribution in [2.24, 2.45) is 0 Å². The summed E-state index contributed by atoms with van der Waals surface area (Å²) in [6, 6.07) is 1.51. The number of carboxylic acid groups (broad SMARTS) is 1. The van der Waals surface area contributed by atoms with Crippen LogP contribution < -0.4 is 5.56 Å². The summed E-state index contributed by atoms with van der Waals surface area (Å²) in [4.78, 5) is 34.2. The Hall–Kier alpha value is -2.84. The van der Waals surface area contributed by atoms with Crippen LogP contribution in [0.1, 0.15) is 5.69 Å². The highest BCUT2D eigenvalue weighted by Gasteiger charge is 2.20. The summed E-state index contributed by atoms with van der Waals surface area (Å²) in [5.41, 5.74) is -1.41. The van der Waals surface area contributed by atoms with Crippen molar-refractivity contribution in [2.75, 3.05) is 7.11 Å². The highest BCUT2D eigenvalue weighted by molar-refractivity contribution is 5.87. The summed E-state index contributed by atoms with van der Waals surface area (Å²) in [7, 11) is 1.08. The standard InChI is InChI=1S/C13H10F2N2O5/c1-22-10(20)5-17-13(21)12-7(15)3-2-6(14)11(12)8(16-17)4-9(18)19/h2-3H,4-5H2,1H3,(H,18,19). The van der Waals surface area contributed by atoms with Crippen LogP contribution in [0.25, 0.3) is 10.8 Å². The second-order valence-electron chi connectivity index (χ2n) is 4.34. The Bertz CT molecular complexity index is 831. The molecule has 0 saturated carbocycles. The maximum absolute atomic E-state index is 13.9. The molecule has 0 unspecified atom stereocenters. The van der Waals surface area contributed by atoms with Gasteiger partial charge < -0.3 is 9.84 Å². The number of nitrogens with zero attached hydrogens (tertiary/aromatic N) is 2. The molecule has 1 aromatic heterocycles. The number of hydrogen-bond acceptors (Lipinski definition) is 5. The van der Waals surface area contributed by atoms with Crippen LogP contribution in [-0.4, -0.2) is 33.9 Å². The van der Waals surface area contributed by atoms with Gasteiger partial charge in [-0.15, -0.1) is 0 Å². The number of rotatable bonds is 4. The number of fused-ring (bicyclic) bond motifs is 1. The van der Waals surface area contributed by atoms with Crippen LogP contribution in [0.3, 0.4) is 0 Å². The molecule has 0 amide bonds. The summed E-state index contributed by atoms with van der Waals surface area (Å²) in [6.07, 6.45) is -0.738. The van der Waals surface area contributed by atoms with E-state index in [0.717, 1.165) is 19.2 Å². The zero-order valence-electron chi connectivity index (χ0n) is 11.3. The topological polar surface area (TPSA) is 98.5 Å². The van der Waals surface area contributed by atoms with Gasteiger partial charge in [0.1, 0.15) is 18.2 Å². The molecule has 0 radical (unpaired) electrons. The first-order chi connectivity index (χ1) is 10.3. The van der Waals surface area contributed by atoms with E-state index in [2.05, 4.69) is 9.84 Å². The second kappa shape index (κ2) is 5.88. The van der Waals surface area contributed by atoms with Crippen LogP contribution in [0, 0.1) is 11.6 Å². The lowest BCUT2D eigenvalue weighted by Crippen LogP contribution is -2.30. The minimum atomic E-state index is -1.35.